The summed E-state index contributed by atoms with van der Waals surface area (Å²) < 4.78 is 12.8. The van der Waals surface area contributed by atoms with E-state index in [0.717, 1.165) is 43.9 Å². The van der Waals surface area contributed by atoms with Crippen LogP contribution in [0.1, 0.15) is 30.1 Å². The molecule has 0 atom stereocenters. The van der Waals surface area contributed by atoms with Crippen LogP contribution >= 0.6 is 11.6 Å². The summed E-state index contributed by atoms with van der Waals surface area (Å²) in [6.45, 7) is 2.72. The molecular formula is C15H16ClFN4. The van der Waals surface area contributed by atoms with E-state index in [1.807, 2.05) is 6.07 Å². The minimum absolute atomic E-state index is 0.293. The topological polar surface area (TPSA) is 41.9 Å². The van der Waals surface area contributed by atoms with E-state index in [9.17, 15) is 4.39 Å². The van der Waals surface area contributed by atoms with Gasteiger partial charge in [0.05, 0.1) is 11.9 Å². The predicted molar refractivity (Wildman–Crippen MR) is 78.5 cm³/mol. The van der Waals surface area contributed by atoms with Gasteiger partial charge in [0.25, 0.3) is 0 Å². The van der Waals surface area contributed by atoms with Crippen molar-refractivity contribution in [3.8, 4) is 0 Å². The van der Waals surface area contributed by atoms with Crippen molar-refractivity contribution in [3.63, 3.8) is 0 Å². The average Bonchev–Trinajstić information content (AvgIpc) is 2.50. The van der Waals surface area contributed by atoms with Crippen LogP contribution in [0.5, 0.6) is 0 Å². The van der Waals surface area contributed by atoms with E-state index in [1.165, 1.54) is 12.3 Å². The number of hydrogen-bond donors (Lipinski definition) is 0. The van der Waals surface area contributed by atoms with Gasteiger partial charge in [-0.2, -0.15) is 0 Å². The van der Waals surface area contributed by atoms with E-state index >= 15 is 0 Å². The van der Waals surface area contributed by atoms with Gasteiger partial charge in [-0.3, -0.25) is 9.88 Å². The molecule has 4 nitrogen and oxygen atoms in total. The van der Waals surface area contributed by atoms with Gasteiger partial charge in [0.1, 0.15) is 5.82 Å². The first-order chi connectivity index (χ1) is 10.2. The van der Waals surface area contributed by atoms with E-state index in [4.69, 9.17) is 11.6 Å². The number of piperidine rings is 1. The maximum absolute atomic E-state index is 12.8. The van der Waals surface area contributed by atoms with Crippen molar-refractivity contribution in [3.05, 3.63) is 53.1 Å². The molecule has 0 saturated carbocycles. The highest BCUT2D eigenvalue weighted by atomic mass is 35.5. The second-order valence-corrected chi connectivity index (χ2v) is 5.61. The summed E-state index contributed by atoms with van der Waals surface area (Å²) >= 11 is 5.84. The van der Waals surface area contributed by atoms with Crippen molar-refractivity contribution >= 4 is 11.6 Å². The Balaban J connectivity index is 1.56. The maximum Gasteiger partial charge on any atom is 0.222 e. The molecule has 2 aromatic rings. The van der Waals surface area contributed by atoms with E-state index in [-0.39, 0.29) is 5.82 Å². The van der Waals surface area contributed by atoms with E-state index in [2.05, 4.69) is 19.9 Å². The molecule has 1 aliphatic rings. The second kappa shape index (κ2) is 6.45. The van der Waals surface area contributed by atoms with E-state index in [0.29, 0.717) is 11.2 Å². The smallest absolute Gasteiger partial charge is 0.222 e. The van der Waals surface area contributed by atoms with Crippen LogP contribution in [0.4, 0.5) is 4.39 Å². The standard InChI is InChI=1S/C15H16ClFN4/c16-15-18-6-3-14(20-15)11-4-7-21(8-5-11)10-13-2-1-12(17)9-19-13/h1-3,6,9,11H,4-5,7-8,10H2. The lowest BCUT2D eigenvalue weighted by molar-refractivity contribution is 0.201. The van der Waals surface area contributed by atoms with Crippen LogP contribution in [-0.4, -0.2) is 32.9 Å². The van der Waals surface area contributed by atoms with Crippen LogP contribution in [0.3, 0.4) is 0 Å². The highest BCUT2D eigenvalue weighted by Crippen LogP contribution is 2.27. The Bertz CT molecular complexity index is 597. The number of rotatable bonds is 3. The van der Waals surface area contributed by atoms with Crippen LogP contribution in [0.2, 0.25) is 5.28 Å². The van der Waals surface area contributed by atoms with E-state index < -0.39 is 0 Å². The first-order valence-corrected chi connectivity index (χ1v) is 7.40. The molecule has 0 radical (unpaired) electrons. The minimum atomic E-state index is -0.293. The molecule has 6 heteroatoms. The molecule has 0 bridgehead atoms. The number of likely N-dealkylation sites (tertiary alicyclic amines) is 1. The summed E-state index contributed by atoms with van der Waals surface area (Å²) in [6, 6.07) is 5.14. The summed E-state index contributed by atoms with van der Waals surface area (Å²) in [6.07, 6.45) is 5.05. The van der Waals surface area contributed by atoms with Crippen LogP contribution in [-0.2, 0) is 6.54 Å². The lowest BCUT2D eigenvalue weighted by Gasteiger charge is -2.31. The van der Waals surface area contributed by atoms with Gasteiger partial charge in [-0.25, -0.2) is 14.4 Å². The van der Waals surface area contributed by atoms with Crippen molar-refractivity contribution in [2.75, 3.05) is 13.1 Å². The fourth-order valence-electron chi connectivity index (χ4n) is 2.69. The molecule has 0 N–H and O–H groups in total. The largest absolute Gasteiger partial charge is 0.297 e. The molecule has 3 heterocycles. The van der Waals surface area contributed by atoms with Crippen molar-refractivity contribution in [1.82, 2.24) is 19.9 Å². The molecular weight excluding hydrogens is 291 g/mol. The lowest BCUT2D eigenvalue weighted by atomic mass is 9.93. The average molecular weight is 307 g/mol. The summed E-state index contributed by atoms with van der Waals surface area (Å²) in [5, 5.41) is 0.311. The predicted octanol–water partition coefficient (Wildman–Crippen LogP) is 3.04. The monoisotopic (exact) mass is 306 g/mol. The molecule has 110 valence electrons. The second-order valence-electron chi connectivity index (χ2n) is 5.27. The minimum Gasteiger partial charge on any atom is -0.297 e. The Hall–Kier alpha value is -1.59. The zero-order chi connectivity index (χ0) is 14.7. The Labute approximate surface area is 128 Å². The number of pyridine rings is 1. The Morgan fingerprint density at radius 1 is 1.19 bits per heavy atom. The van der Waals surface area contributed by atoms with Crippen molar-refractivity contribution < 1.29 is 4.39 Å². The third kappa shape index (κ3) is 3.74. The molecule has 21 heavy (non-hydrogen) atoms. The third-order valence-corrected chi connectivity index (χ3v) is 4.01. The molecule has 2 aromatic heterocycles. The molecule has 0 aliphatic carbocycles. The molecule has 1 saturated heterocycles. The first-order valence-electron chi connectivity index (χ1n) is 7.02. The quantitative estimate of drug-likeness (QED) is 0.817. The Morgan fingerprint density at radius 3 is 2.67 bits per heavy atom. The summed E-state index contributed by atoms with van der Waals surface area (Å²) in [5.74, 6) is 0.140. The van der Waals surface area contributed by atoms with Crippen LogP contribution in [0.15, 0.2) is 30.6 Å². The Morgan fingerprint density at radius 2 is 2.00 bits per heavy atom. The van der Waals surface area contributed by atoms with Gasteiger partial charge in [-0.05, 0) is 55.7 Å². The molecule has 0 unspecified atom stereocenters. The number of hydrogen-bond acceptors (Lipinski definition) is 4. The zero-order valence-electron chi connectivity index (χ0n) is 11.5. The zero-order valence-corrected chi connectivity index (χ0v) is 12.3. The molecule has 1 aliphatic heterocycles. The Kier molecular flexibility index (Phi) is 4.41. The molecule has 3 rings (SSSR count). The van der Waals surface area contributed by atoms with Gasteiger partial charge in [0, 0.05) is 24.4 Å². The van der Waals surface area contributed by atoms with Gasteiger partial charge in [0.15, 0.2) is 0 Å². The summed E-state index contributed by atoms with van der Waals surface area (Å²) in [7, 11) is 0. The number of halogens is 2. The van der Waals surface area contributed by atoms with Gasteiger partial charge < -0.3 is 0 Å². The van der Waals surface area contributed by atoms with Gasteiger partial charge >= 0.3 is 0 Å². The summed E-state index contributed by atoms with van der Waals surface area (Å²) in [5.41, 5.74) is 1.93. The SMILES string of the molecule is Fc1ccc(CN2CCC(c3ccnc(Cl)n3)CC2)nc1. The molecule has 1 fully saturated rings. The van der Waals surface area contributed by atoms with Crippen LogP contribution in [0, 0.1) is 5.82 Å². The third-order valence-electron chi connectivity index (χ3n) is 3.83. The van der Waals surface area contributed by atoms with Gasteiger partial charge in [-0.15, -0.1) is 0 Å². The van der Waals surface area contributed by atoms with E-state index in [1.54, 1.807) is 12.3 Å². The fourth-order valence-corrected chi connectivity index (χ4v) is 2.85. The highest BCUT2D eigenvalue weighted by molar-refractivity contribution is 6.28. The van der Waals surface area contributed by atoms with Crippen molar-refractivity contribution in [2.24, 2.45) is 0 Å². The lowest BCUT2D eigenvalue weighted by Crippen LogP contribution is -2.33. The highest BCUT2D eigenvalue weighted by Gasteiger charge is 2.22. The first kappa shape index (κ1) is 14.4. The van der Waals surface area contributed by atoms with Gasteiger partial charge in [-0.1, -0.05) is 0 Å². The van der Waals surface area contributed by atoms with Crippen molar-refractivity contribution in [2.45, 2.75) is 25.3 Å². The number of nitrogens with zero attached hydrogens (tertiary/aromatic N) is 4. The van der Waals surface area contributed by atoms with Crippen LogP contribution < -0.4 is 0 Å². The van der Waals surface area contributed by atoms with Crippen molar-refractivity contribution in [1.29, 1.82) is 0 Å². The number of aromatic nitrogens is 3. The molecule has 0 spiro atoms. The summed E-state index contributed by atoms with van der Waals surface area (Å²) in [4.78, 5) is 14.7. The van der Waals surface area contributed by atoms with Gasteiger partial charge in [0.2, 0.25) is 5.28 Å². The fraction of sp³-hybridized carbons (Fsp3) is 0.400. The van der Waals surface area contributed by atoms with Crippen LogP contribution in [0.25, 0.3) is 0 Å². The molecule has 0 aromatic carbocycles. The maximum atomic E-state index is 12.8. The molecule has 0 amide bonds. The normalized spacial score (nSPS) is 17.0.